The number of rotatable bonds is 2. The number of hydrogen-bond donors (Lipinski definition) is 0. The summed E-state index contributed by atoms with van der Waals surface area (Å²) in [7, 11) is 0. The van der Waals surface area contributed by atoms with Gasteiger partial charge in [0.2, 0.25) is 5.78 Å². The molecule has 3 aromatic carbocycles. The number of carbonyl (C=O) groups is 3. The first-order chi connectivity index (χ1) is 15.2. The van der Waals surface area contributed by atoms with E-state index in [1.807, 2.05) is 36.4 Å². The SMILES string of the molecule is O=C1c2ccccc2C(=O)c2c1c(C(=O)c1ccccc1)n1ccc3ccccc3c21. The smallest absolute Gasteiger partial charge is 0.210 e. The van der Waals surface area contributed by atoms with Gasteiger partial charge in [-0.1, -0.05) is 78.9 Å². The molecule has 0 N–H and O–H groups in total. The number of carbonyl (C=O) groups excluding carboxylic acids is 3. The van der Waals surface area contributed by atoms with Gasteiger partial charge < -0.3 is 4.40 Å². The van der Waals surface area contributed by atoms with E-state index in [1.165, 1.54) is 0 Å². The summed E-state index contributed by atoms with van der Waals surface area (Å²) >= 11 is 0. The van der Waals surface area contributed by atoms with Crippen molar-refractivity contribution in [2.75, 3.05) is 0 Å². The fraction of sp³-hybridized carbons (Fsp3) is 0. The van der Waals surface area contributed by atoms with Gasteiger partial charge in [0.05, 0.1) is 16.6 Å². The maximum absolute atomic E-state index is 13.6. The quantitative estimate of drug-likeness (QED) is 0.379. The third-order valence-electron chi connectivity index (χ3n) is 5.95. The minimum Gasteiger partial charge on any atom is -0.312 e. The first-order valence-corrected chi connectivity index (χ1v) is 10.0. The predicted octanol–water partition coefficient (Wildman–Crippen LogP) is 5.10. The average Bonchev–Trinajstić information content (AvgIpc) is 3.19. The molecule has 0 saturated heterocycles. The molecule has 0 fully saturated rings. The zero-order chi connectivity index (χ0) is 21.1. The van der Waals surface area contributed by atoms with Gasteiger partial charge in [0.15, 0.2) is 11.6 Å². The van der Waals surface area contributed by atoms with Crippen molar-refractivity contribution in [3.05, 3.63) is 125 Å². The van der Waals surface area contributed by atoms with Crippen LogP contribution >= 0.6 is 0 Å². The Bertz CT molecular complexity index is 1580. The number of hydrogen-bond acceptors (Lipinski definition) is 3. The molecule has 146 valence electrons. The third kappa shape index (κ3) is 2.33. The number of fused-ring (bicyclic) bond motifs is 6. The minimum absolute atomic E-state index is 0.189. The number of nitrogens with zero attached hydrogens (tertiary/aromatic N) is 1. The third-order valence-corrected chi connectivity index (χ3v) is 5.95. The van der Waals surface area contributed by atoms with Crippen LogP contribution in [0.5, 0.6) is 0 Å². The summed E-state index contributed by atoms with van der Waals surface area (Å²) in [5.74, 6) is -0.809. The first kappa shape index (κ1) is 17.5. The van der Waals surface area contributed by atoms with Crippen molar-refractivity contribution in [3.63, 3.8) is 0 Å². The van der Waals surface area contributed by atoms with Crippen molar-refractivity contribution in [1.82, 2.24) is 4.40 Å². The van der Waals surface area contributed by atoms with Crippen molar-refractivity contribution in [2.45, 2.75) is 0 Å². The Balaban J connectivity index is 1.80. The minimum atomic E-state index is -0.294. The monoisotopic (exact) mass is 401 g/mol. The van der Waals surface area contributed by atoms with Crippen LogP contribution in [0.2, 0.25) is 0 Å². The maximum atomic E-state index is 13.6. The Morgan fingerprint density at radius 1 is 0.645 bits per heavy atom. The molecule has 0 bridgehead atoms. The molecule has 6 rings (SSSR count). The Morgan fingerprint density at radius 2 is 1.26 bits per heavy atom. The molecular weight excluding hydrogens is 386 g/mol. The second kappa shape index (κ2) is 6.34. The first-order valence-electron chi connectivity index (χ1n) is 10.0. The molecule has 0 atom stereocenters. The van der Waals surface area contributed by atoms with E-state index in [0.29, 0.717) is 27.8 Å². The molecule has 0 aliphatic heterocycles. The lowest BCUT2D eigenvalue weighted by Crippen LogP contribution is -2.21. The van der Waals surface area contributed by atoms with E-state index in [-0.39, 0.29) is 28.6 Å². The van der Waals surface area contributed by atoms with Gasteiger partial charge in [-0.05, 0) is 11.5 Å². The number of ketones is 3. The van der Waals surface area contributed by atoms with Crippen molar-refractivity contribution in [2.24, 2.45) is 0 Å². The number of aromatic nitrogens is 1. The molecule has 2 aromatic heterocycles. The molecule has 1 aliphatic rings. The predicted molar refractivity (Wildman–Crippen MR) is 118 cm³/mol. The molecule has 31 heavy (non-hydrogen) atoms. The van der Waals surface area contributed by atoms with E-state index in [0.717, 1.165) is 10.8 Å². The van der Waals surface area contributed by atoms with Gasteiger partial charge in [0.25, 0.3) is 0 Å². The van der Waals surface area contributed by atoms with E-state index in [1.54, 1.807) is 59.1 Å². The van der Waals surface area contributed by atoms with E-state index < -0.39 is 0 Å². The lowest BCUT2D eigenvalue weighted by atomic mass is 9.83. The van der Waals surface area contributed by atoms with Crippen LogP contribution in [-0.2, 0) is 0 Å². The second-order valence-corrected chi connectivity index (χ2v) is 7.62. The number of pyridine rings is 1. The highest BCUT2D eigenvalue weighted by Crippen LogP contribution is 2.38. The molecule has 2 heterocycles. The van der Waals surface area contributed by atoms with Crippen LogP contribution in [0.3, 0.4) is 0 Å². The summed E-state index contributed by atoms with van der Waals surface area (Å²) in [6.45, 7) is 0. The molecule has 5 aromatic rings. The van der Waals surface area contributed by atoms with Crippen LogP contribution < -0.4 is 0 Å². The Labute approximate surface area is 177 Å². The fourth-order valence-electron chi connectivity index (χ4n) is 4.56. The Morgan fingerprint density at radius 3 is 2.00 bits per heavy atom. The molecule has 4 heteroatoms. The fourth-order valence-corrected chi connectivity index (χ4v) is 4.56. The summed E-state index contributed by atoms with van der Waals surface area (Å²) in [6.07, 6.45) is 1.78. The van der Waals surface area contributed by atoms with Crippen LogP contribution in [0, 0.1) is 0 Å². The van der Waals surface area contributed by atoms with Crippen LogP contribution in [0.15, 0.2) is 91.1 Å². The van der Waals surface area contributed by atoms with Crippen molar-refractivity contribution in [3.8, 4) is 0 Å². The molecule has 0 unspecified atom stereocenters. The van der Waals surface area contributed by atoms with Gasteiger partial charge in [-0.15, -0.1) is 0 Å². The molecule has 4 nitrogen and oxygen atoms in total. The normalized spacial score (nSPS) is 12.8. The second-order valence-electron chi connectivity index (χ2n) is 7.62. The van der Waals surface area contributed by atoms with Crippen LogP contribution in [-0.4, -0.2) is 21.8 Å². The largest absolute Gasteiger partial charge is 0.312 e. The van der Waals surface area contributed by atoms with Crippen molar-refractivity contribution in [1.29, 1.82) is 0 Å². The molecular formula is C27H15NO3. The van der Waals surface area contributed by atoms with Gasteiger partial charge in [0, 0.05) is 28.3 Å². The van der Waals surface area contributed by atoms with Crippen LogP contribution in [0.25, 0.3) is 16.3 Å². The lowest BCUT2D eigenvalue weighted by molar-refractivity contribution is 0.0973. The zero-order valence-corrected chi connectivity index (χ0v) is 16.3. The molecule has 0 saturated carbocycles. The van der Waals surface area contributed by atoms with Gasteiger partial charge >= 0.3 is 0 Å². The van der Waals surface area contributed by atoms with E-state index >= 15 is 0 Å². The summed E-state index contributed by atoms with van der Waals surface area (Å²) < 4.78 is 1.71. The Hall–Kier alpha value is -4.31. The topological polar surface area (TPSA) is 55.6 Å². The highest BCUT2D eigenvalue weighted by Gasteiger charge is 2.38. The standard InChI is InChI=1S/C27H15NO3/c29-25(17-9-2-1-3-10-17)24-22-21(26(30)19-12-6-7-13-20(19)27(22)31)23-18-11-5-4-8-16(18)14-15-28(23)24/h1-15H. The van der Waals surface area contributed by atoms with E-state index in [9.17, 15) is 14.4 Å². The molecule has 0 amide bonds. The van der Waals surface area contributed by atoms with Crippen molar-refractivity contribution >= 4 is 33.6 Å². The van der Waals surface area contributed by atoms with Gasteiger partial charge in [-0.3, -0.25) is 14.4 Å². The number of benzene rings is 3. The van der Waals surface area contributed by atoms with Crippen LogP contribution in [0.4, 0.5) is 0 Å². The van der Waals surface area contributed by atoms with E-state index in [4.69, 9.17) is 0 Å². The molecule has 0 spiro atoms. The lowest BCUT2D eigenvalue weighted by Gasteiger charge is -2.15. The summed E-state index contributed by atoms with van der Waals surface area (Å²) in [4.78, 5) is 40.8. The van der Waals surface area contributed by atoms with E-state index in [2.05, 4.69) is 0 Å². The van der Waals surface area contributed by atoms with Crippen LogP contribution in [0.1, 0.15) is 47.9 Å². The average molecular weight is 401 g/mol. The van der Waals surface area contributed by atoms with Gasteiger partial charge in [-0.2, -0.15) is 0 Å². The van der Waals surface area contributed by atoms with Gasteiger partial charge in [0.1, 0.15) is 5.69 Å². The highest BCUT2D eigenvalue weighted by atomic mass is 16.1. The summed E-state index contributed by atoms with van der Waals surface area (Å²) in [5.41, 5.74) is 2.50. The summed E-state index contributed by atoms with van der Waals surface area (Å²) in [5, 5.41) is 1.77. The molecule has 0 radical (unpaired) electrons. The summed E-state index contributed by atoms with van der Waals surface area (Å²) in [6, 6.07) is 25.2. The molecule has 1 aliphatic carbocycles. The zero-order valence-electron chi connectivity index (χ0n) is 16.3. The van der Waals surface area contributed by atoms with Gasteiger partial charge in [-0.25, -0.2) is 0 Å². The maximum Gasteiger partial charge on any atom is 0.210 e. The van der Waals surface area contributed by atoms with Crippen molar-refractivity contribution < 1.29 is 14.4 Å². The highest BCUT2D eigenvalue weighted by molar-refractivity contribution is 6.35. The Kier molecular flexibility index (Phi) is 3.59.